The molecule has 1 unspecified atom stereocenters. The Balaban J connectivity index is 1.45. The molecule has 2 aromatic rings. The van der Waals surface area contributed by atoms with Gasteiger partial charge in [0.15, 0.2) is 0 Å². The molecular weight excluding hydrogens is 386 g/mol. The first-order valence-corrected chi connectivity index (χ1v) is 10.9. The second-order valence-corrected chi connectivity index (χ2v) is 8.88. The molecular formula is C20H27N7OS. The van der Waals surface area contributed by atoms with Crippen molar-refractivity contribution in [1.29, 1.82) is 5.41 Å². The highest BCUT2D eigenvalue weighted by atomic mass is 32.2. The number of amides is 1. The maximum Gasteiger partial charge on any atom is 0.241 e. The SMILES string of the molecule is CN1CCN(c2cnc3ccc(NC(N)SC(=N)C4CCCC4)nc3c2)CC1=O. The molecule has 4 rings (SSSR count). The van der Waals surface area contributed by atoms with Crippen molar-refractivity contribution in [2.45, 2.75) is 31.2 Å². The molecule has 29 heavy (non-hydrogen) atoms. The number of fused-ring (bicyclic) bond motifs is 1. The maximum atomic E-state index is 12.0. The molecule has 2 fully saturated rings. The van der Waals surface area contributed by atoms with E-state index in [0.717, 1.165) is 36.1 Å². The van der Waals surface area contributed by atoms with E-state index in [0.29, 0.717) is 29.9 Å². The third-order valence-corrected chi connectivity index (χ3v) is 6.57. The lowest BCUT2D eigenvalue weighted by Gasteiger charge is -2.33. The predicted octanol–water partition coefficient (Wildman–Crippen LogP) is 2.46. The molecule has 1 saturated carbocycles. The normalized spacial score (nSPS) is 19.0. The number of nitrogens with two attached hydrogens (primary N) is 1. The molecule has 9 heteroatoms. The van der Waals surface area contributed by atoms with E-state index in [-0.39, 0.29) is 5.91 Å². The van der Waals surface area contributed by atoms with Crippen LogP contribution in [-0.2, 0) is 4.79 Å². The van der Waals surface area contributed by atoms with Gasteiger partial charge >= 0.3 is 0 Å². The number of rotatable bonds is 5. The van der Waals surface area contributed by atoms with Gasteiger partial charge in [-0.15, -0.1) is 0 Å². The molecule has 8 nitrogen and oxygen atoms in total. The Labute approximate surface area is 174 Å². The fourth-order valence-electron chi connectivity index (χ4n) is 3.82. The number of hydrogen-bond acceptors (Lipinski definition) is 8. The predicted molar refractivity (Wildman–Crippen MR) is 118 cm³/mol. The van der Waals surface area contributed by atoms with Crippen molar-refractivity contribution in [1.82, 2.24) is 14.9 Å². The standard InChI is InChI=1S/C20H27N7OS/c1-26-8-9-27(12-18(26)28)14-10-16-15(23-11-14)6-7-17(24-16)25-20(22)29-19(21)13-4-2-3-5-13/h6-7,10-11,13,20-21H,2-5,8-9,12,22H2,1H3,(H,24,25). The highest BCUT2D eigenvalue weighted by Crippen LogP contribution is 2.30. The summed E-state index contributed by atoms with van der Waals surface area (Å²) >= 11 is 1.37. The number of aromatic nitrogens is 2. The van der Waals surface area contributed by atoms with Gasteiger partial charge in [0.1, 0.15) is 11.3 Å². The zero-order valence-corrected chi connectivity index (χ0v) is 17.4. The lowest BCUT2D eigenvalue weighted by atomic mass is 10.1. The van der Waals surface area contributed by atoms with Gasteiger partial charge in [0.2, 0.25) is 5.91 Å². The summed E-state index contributed by atoms with van der Waals surface area (Å²) in [5.74, 6) is 1.12. The molecule has 1 saturated heterocycles. The Bertz CT molecular complexity index is 915. The van der Waals surface area contributed by atoms with Crippen LogP contribution in [0.15, 0.2) is 24.4 Å². The third kappa shape index (κ3) is 4.62. The van der Waals surface area contributed by atoms with Crippen LogP contribution < -0.4 is 16.0 Å². The first-order valence-electron chi connectivity index (χ1n) is 10.0. The van der Waals surface area contributed by atoms with E-state index in [1.54, 1.807) is 11.1 Å². The van der Waals surface area contributed by atoms with Crippen molar-refractivity contribution >= 4 is 45.3 Å². The first kappa shape index (κ1) is 19.9. The molecule has 2 aliphatic rings. The van der Waals surface area contributed by atoms with E-state index in [1.807, 2.05) is 30.1 Å². The van der Waals surface area contributed by atoms with Crippen LogP contribution >= 0.6 is 11.8 Å². The Morgan fingerprint density at radius 2 is 2.10 bits per heavy atom. The average Bonchev–Trinajstić information content (AvgIpc) is 3.24. The summed E-state index contributed by atoms with van der Waals surface area (Å²) < 4.78 is 0. The molecule has 0 spiro atoms. The van der Waals surface area contributed by atoms with E-state index < -0.39 is 5.50 Å². The molecule has 1 aliphatic carbocycles. The Kier molecular flexibility index (Phi) is 5.86. The van der Waals surface area contributed by atoms with Gasteiger partial charge in [0.25, 0.3) is 0 Å². The van der Waals surface area contributed by atoms with Crippen molar-refractivity contribution < 1.29 is 4.79 Å². The van der Waals surface area contributed by atoms with Gasteiger partial charge in [0, 0.05) is 26.1 Å². The van der Waals surface area contributed by atoms with Crippen LogP contribution in [0.2, 0.25) is 0 Å². The molecule has 0 radical (unpaired) electrons. The van der Waals surface area contributed by atoms with E-state index >= 15 is 0 Å². The summed E-state index contributed by atoms with van der Waals surface area (Å²) in [4.78, 5) is 24.9. The van der Waals surface area contributed by atoms with Crippen LogP contribution in [-0.4, -0.2) is 58.0 Å². The second kappa shape index (κ2) is 8.54. The molecule has 0 aromatic carbocycles. The number of pyridine rings is 2. The summed E-state index contributed by atoms with van der Waals surface area (Å²) in [6.45, 7) is 1.83. The van der Waals surface area contributed by atoms with Gasteiger partial charge in [-0.3, -0.25) is 15.2 Å². The van der Waals surface area contributed by atoms with Crippen molar-refractivity contribution in [3.63, 3.8) is 0 Å². The molecule has 0 bridgehead atoms. The quantitative estimate of drug-likeness (QED) is 0.392. The summed E-state index contributed by atoms with van der Waals surface area (Å²) in [5.41, 5.74) is 8.22. The molecule has 1 aliphatic heterocycles. The molecule has 1 amide bonds. The Hall–Kier alpha value is -2.39. The van der Waals surface area contributed by atoms with Crippen LogP contribution in [0.4, 0.5) is 11.5 Å². The fraction of sp³-hybridized carbons (Fsp3) is 0.500. The zero-order chi connectivity index (χ0) is 20.4. The monoisotopic (exact) mass is 413 g/mol. The second-order valence-electron chi connectivity index (χ2n) is 7.69. The van der Waals surface area contributed by atoms with E-state index in [2.05, 4.69) is 15.3 Å². The topological polar surface area (TPSA) is 111 Å². The van der Waals surface area contributed by atoms with E-state index in [1.165, 1.54) is 24.6 Å². The van der Waals surface area contributed by atoms with Crippen LogP contribution in [0.3, 0.4) is 0 Å². The van der Waals surface area contributed by atoms with Gasteiger partial charge in [-0.25, -0.2) is 4.98 Å². The summed E-state index contributed by atoms with van der Waals surface area (Å²) in [6.07, 6.45) is 6.39. The minimum absolute atomic E-state index is 0.104. The van der Waals surface area contributed by atoms with Crippen LogP contribution in [0.25, 0.3) is 11.0 Å². The number of nitrogens with one attached hydrogen (secondary N) is 2. The number of nitrogens with zero attached hydrogens (tertiary/aromatic N) is 4. The minimum atomic E-state index is -0.417. The summed E-state index contributed by atoms with van der Waals surface area (Å²) in [5, 5.41) is 12.1. The number of carbonyl (C=O) groups excluding carboxylic acids is 1. The Morgan fingerprint density at radius 3 is 2.86 bits per heavy atom. The number of hydrogen-bond donors (Lipinski definition) is 3. The van der Waals surface area contributed by atoms with Crippen LogP contribution in [0.1, 0.15) is 25.7 Å². The summed E-state index contributed by atoms with van der Waals surface area (Å²) in [7, 11) is 1.82. The van der Waals surface area contributed by atoms with Crippen molar-refractivity contribution in [2.75, 3.05) is 36.9 Å². The van der Waals surface area contributed by atoms with Gasteiger partial charge in [-0.1, -0.05) is 24.6 Å². The van der Waals surface area contributed by atoms with Gasteiger partial charge in [0.05, 0.1) is 34.5 Å². The summed E-state index contributed by atoms with van der Waals surface area (Å²) in [6, 6.07) is 5.72. The number of piperazine rings is 1. The number of anilines is 2. The molecule has 4 N–H and O–H groups in total. The van der Waals surface area contributed by atoms with E-state index in [4.69, 9.17) is 11.1 Å². The van der Waals surface area contributed by atoms with Crippen molar-refractivity contribution in [3.8, 4) is 0 Å². The molecule has 1 atom stereocenters. The average molecular weight is 414 g/mol. The zero-order valence-electron chi connectivity index (χ0n) is 16.6. The maximum absolute atomic E-state index is 12.0. The highest BCUT2D eigenvalue weighted by molar-refractivity contribution is 8.14. The lowest BCUT2D eigenvalue weighted by molar-refractivity contribution is -0.129. The highest BCUT2D eigenvalue weighted by Gasteiger charge is 2.23. The first-order chi connectivity index (χ1) is 14.0. The minimum Gasteiger partial charge on any atom is -0.359 e. The lowest BCUT2D eigenvalue weighted by Crippen LogP contribution is -2.48. The van der Waals surface area contributed by atoms with Crippen molar-refractivity contribution in [3.05, 3.63) is 24.4 Å². The van der Waals surface area contributed by atoms with E-state index in [9.17, 15) is 4.79 Å². The van der Waals surface area contributed by atoms with Gasteiger partial charge in [-0.05, 0) is 31.0 Å². The number of thioether (sulfide) groups is 1. The molecule has 2 aromatic heterocycles. The van der Waals surface area contributed by atoms with Gasteiger partial charge < -0.3 is 20.9 Å². The molecule has 154 valence electrons. The van der Waals surface area contributed by atoms with Crippen molar-refractivity contribution in [2.24, 2.45) is 11.7 Å². The van der Waals surface area contributed by atoms with Crippen LogP contribution in [0.5, 0.6) is 0 Å². The number of carbonyl (C=O) groups is 1. The number of likely N-dealkylation sites (N-methyl/N-ethyl adjacent to an activating group) is 1. The largest absolute Gasteiger partial charge is 0.359 e. The fourth-order valence-corrected chi connectivity index (χ4v) is 4.71. The molecule has 3 heterocycles. The third-order valence-electron chi connectivity index (χ3n) is 5.62. The van der Waals surface area contributed by atoms with Gasteiger partial charge in [-0.2, -0.15) is 0 Å². The van der Waals surface area contributed by atoms with Crippen LogP contribution in [0, 0.1) is 11.3 Å². The Morgan fingerprint density at radius 1 is 1.31 bits per heavy atom. The smallest absolute Gasteiger partial charge is 0.241 e.